The predicted molar refractivity (Wildman–Crippen MR) is 70.0 cm³/mol. The van der Waals surface area contributed by atoms with Gasteiger partial charge in [-0.1, -0.05) is 0 Å². The summed E-state index contributed by atoms with van der Waals surface area (Å²) in [6.45, 7) is 1.67. The number of thiophene rings is 1. The molecular weight excluding hydrogens is 296 g/mol. The van der Waals surface area contributed by atoms with E-state index in [4.69, 9.17) is 9.88 Å². The largest absolute Gasteiger partial charge is 0.387 e. The summed E-state index contributed by atoms with van der Waals surface area (Å²) in [7, 11) is -2.09. The van der Waals surface area contributed by atoms with Crippen molar-refractivity contribution < 1.29 is 18.3 Å². The highest BCUT2D eigenvalue weighted by Gasteiger charge is 2.29. The van der Waals surface area contributed by atoms with E-state index in [2.05, 4.69) is 0 Å². The molecule has 1 atom stereocenters. The molecule has 0 saturated heterocycles. The van der Waals surface area contributed by atoms with Crippen molar-refractivity contribution in [2.24, 2.45) is 5.14 Å². The summed E-state index contributed by atoms with van der Waals surface area (Å²) in [6, 6.07) is 1.46. The van der Waals surface area contributed by atoms with Crippen LogP contribution in [0.15, 0.2) is 14.5 Å². The molecule has 2 heterocycles. The Balaban J connectivity index is 2.22. The number of nitrogens with zero attached hydrogens (tertiary/aromatic N) is 1. The fourth-order valence-corrected chi connectivity index (χ4v) is 5.08. The van der Waals surface area contributed by atoms with Crippen molar-refractivity contribution in [1.29, 1.82) is 0 Å². The maximum atomic E-state index is 11.3. The van der Waals surface area contributed by atoms with E-state index in [1.165, 1.54) is 18.0 Å². The number of sulfonamides is 1. The molecule has 0 radical (unpaired) electrons. The first-order valence-corrected chi connectivity index (χ1v) is 8.32. The number of methoxy groups -OCH3 is 1. The minimum absolute atomic E-state index is 0.0904. The van der Waals surface area contributed by atoms with Crippen LogP contribution >= 0.6 is 23.3 Å². The smallest absolute Gasteiger partial charge is 0.247 e. The number of ether oxygens (including phenoxy) is 1. The zero-order valence-corrected chi connectivity index (χ0v) is 12.1. The number of aliphatic hydroxyl groups is 1. The van der Waals surface area contributed by atoms with Crippen molar-refractivity contribution >= 4 is 33.3 Å². The number of nitrogens with two attached hydrogens (primary N) is 1. The molecule has 18 heavy (non-hydrogen) atoms. The number of fused-ring (bicyclic) bond motifs is 1. The molecule has 3 N–H and O–H groups in total. The summed E-state index contributed by atoms with van der Waals surface area (Å²) >= 11 is 2.52. The summed E-state index contributed by atoms with van der Waals surface area (Å²) in [4.78, 5) is 0. The minimum atomic E-state index is -3.70. The van der Waals surface area contributed by atoms with Gasteiger partial charge in [-0.3, -0.25) is 0 Å². The van der Waals surface area contributed by atoms with Crippen LogP contribution in [0.4, 0.5) is 0 Å². The lowest BCUT2D eigenvalue weighted by molar-refractivity contribution is 0.126. The molecule has 0 fully saturated rings. The molecule has 2 rings (SSSR count). The van der Waals surface area contributed by atoms with Gasteiger partial charge in [0.2, 0.25) is 10.0 Å². The minimum Gasteiger partial charge on any atom is -0.387 e. The van der Waals surface area contributed by atoms with Crippen LogP contribution in [-0.2, 0) is 14.8 Å². The van der Waals surface area contributed by atoms with E-state index >= 15 is 0 Å². The fraction of sp³-hybridized carbons (Fsp3) is 0.556. The quantitative estimate of drug-likeness (QED) is 0.782. The summed E-state index contributed by atoms with van der Waals surface area (Å²) in [5, 5.41) is 15.1. The lowest BCUT2D eigenvalue weighted by Crippen LogP contribution is -2.28. The first-order valence-electron chi connectivity index (χ1n) is 5.18. The number of aliphatic hydroxyl groups excluding tert-OH is 1. The first-order chi connectivity index (χ1) is 8.41. The van der Waals surface area contributed by atoms with Crippen LogP contribution < -0.4 is 5.14 Å². The molecule has 102 valence electrons. The molecule has 0 aromatic carbocycles. The highest BCUT2D eigenvalue weighted by atomic mass is 32.3. The topological polar surface area (TPSA) is 92.9 Å². The highest BCUT2D eigenvalue weighted by Crippen LogP contribution is 2.43. The van der Waals surface area contributed by atoms with Crippen molar-refractivity contribution in [3.8, 4) is 0 Å². The number of β-amino-alcohol motifs (C(OH)–C–C–N with tert-alkyl or cyclic N) is 1. The molecule has 1 aliphatic rings. The molecule has 0 amide bonds. The van der Waals surface area contributed by atoms with E-state index in [0.717, 1.165) is 15.5 Å². The Hall–Kier alpha value is -0.160. The van der Waals surface area contributed by atoms with Gasteiger partial charge in [-0.2, -0.15) is 0 Å². The molecule has 9 heteroatoms. The van der Waals surface area contributed by atoms with E-state index in [0.29, 0.717) is 25.3 Å². The standard InChI is InChI=1S/C9H14N2O4S3/c1-15-3-2-11-5-7(12)6-4-8(18(10,13)14)16-9(6)17-11/h4,7,12H,2-3,5H2,1H3,(H2,10,13,14). The normalized spacial score (nSPS) is 20.9. The number of hydrogen-bond acceptors (Lipinski definition) is 7. The zero-order chi connectivity index (χ0) is 13.3. The van der Waals surface area contributed by atoms with E-state index in [-0.39, 0.29) is 4.21 Å². The molecule has 0 aliphatic carbocycles. The van der Waals surface area contributed by atoms with Gasteiger partial charge in [0.1, 0.15) is 4.21 Å². The molecule has 0 spiro atoms. The zero-order valence-electron chi connectivity index (χ0n) is 9.70. The second kappa shape index (κ2) is 5.45. The fourth-order valence-electron chi connectivity index (χ4n) is 1.59. The van der Waals surface area contributed by atoms with Gasteiger partial charge in [0.15, 0.2) is 0 Å². The van der Waals surface area contributed by atoms with Gasteiger partial charge in [0.25, 0.3) is 0 Å². The van der Waals surface area contributed by atoms with Gasteiger partial charge >= 0.3 is 0 Å². The highest BCUT2D eigenvalue weighted by molar-refractivity contribution is 7.99. The summed E-state index contributed by atoms with van der Waals surface area (Å²) < 4.78 is 30.3. The number of primary sulfonamides is 1. The van der Waals surface area contributed by atoms with E-state index in [1.54, 1.807) is 7.11 Å². The Morgan fingerprint density at radius 1 is 1.67 bits per heavy atom. The molecule has 0 bridgehead atoms. The van der Waals surface area contributed by atoms with Gasteiger partial charge in [-0.25, -0.2) is 17.9 Å². The molecule has 1 aromatic rings. The SMILES string of the molecule is COCCN1CC(O)c2cc(S(N)(=O)=O)sc2S1. The van der Waals surface area contributed by atoms with Crippen molar-refractivity contribution in [2.45, 2.75) is 14.5 Å². The van der Waals surface area contributed by atoms with E-state index < -0.39 is 16.1 Å². The Bertz CT molecular complexity index is 528. The van der Waals surface area contributed by atoms with Crippen LogP contribution in [-0.4, -0.2) is 44.6 Å². The maximum Gasteiger partial charge on any atom is 0.247 e. The van der Waals surface area contributed by atoms with Crippen molar-refractivity contribution in [2.75, 3.05) is 26.8 Å². The third-order valence-corrected chi connectivity index (χ3v) is 6.31. The predicted octanol–water partition coefficient (Wildman–Crippen LogP) is 0.398. The Labute approximate surface area is 114 Å². The number of hydrogen-bond donors (Lipinski definition) is 2. The van der Waals surface area contributed by atoms with Crippen LogP contribution in [0.25, 0.3) is 0 Å². The Morgan fingerprint density at radius 3 is 3.00 bits per heavy atom. The summed E-state index contributed by atoms with van der Waals surface area (Å²) in [6.07, 6.45) is -0.690. The van der Waals surface area contributed by atoms with Crippen molar-refractivity contribution in [3.63, 3.8) is 0 Å². The maximum absolute atomic E-state index is 11.3. The van der Waals surface area contributed by atoms with Crippen LogP contribution in [0.2, 0.25) is 0 Å². The molecular formula is C9H14N2O4S3. The molecule has 1 aromatic heterocycles. The van der Waals surface area contributed by atoms with Crippen LogP contribution in [0, 0.1) is 0 Å². The monoisotopic (exact) mass is 310 g/mol. The second-order valence-corrected chi connectivity index (χ2v) is 8.05. The average molecular weight is 310 g/mol. The summed E-state index contributed by atoms with van der Waals surface area (Å²) in [5.41, 5.74) is 0.641. The van der Waals surface area contributed by atoms with Crippen LogP contribution in [0.5, 0.6) is 0 Å². The summed E-state index contributed by atoms with van der Waals surface area (Å²) in [5.74, 6) is 0. The van der Waals surface area contributed by atoms with Gasteiger partial charge < -0.3 is 9.84 Å². The van der Waals surface area contributed by atoms with Gasteiger partial charge in [-0.15, -0.1) is 11.3 Å². The third-order valence-electron chi connectivity index (χ3n) is 2.48. The molecule has 0 saturated carbocycles. The molecule has 1 aliphatic heterocycles. The third kappa shape index (κ3) is 3.05. The van der Waals surface area contributed by atoms with E-state index in [1.807, 2.05) is 4.31 Å². The lowest BCUT2D eigenvalue weighted by Gasteiger charge is -2.28. The average Bonchev–Trinajstić information content (AvgIpc) is 2.70. The Kier molecular flexibility index (Phi) is 4.32. The lowest BCUT2D eigenvalue weighted by atomic mass is 10.2. The molecule has 1 unspecified atom stereocenters. The van der Waals surface area contributed by atoms with Crippen LogP contribution in [0.1, 0.15) is 11.7 Å². The van der Waals surface area contributed by atoms with Crippen molar-refractivity contribution in [1.82, 2.24) is 4.31 Å². The van der Waals surface area contributed by atoms with Gasteiger partial charge in [0.05, 0.1) is 16.9 Å². The van der Waals surface area contributed by atoms with E-state index in [9.17, 15) is 13.5 Å². The number of rotatable bonds is 4. The van der Waals surface area contributed by atoms with Gasteiger partial charge in [-0.05, 0) is 18.0 Å². The van der Waals surface area contributed by atoms with Crippen molar-refractivity contribution in [3.05, 3.63) is 11.6 Å². The second-order valence-electron chi connectivity index (χ2n) is 3.84. The first kappa shape index (κ1) is 14.3. The molecule has 6 nitrogen and oxygen atoms in total. The van der Waals surface area contributed by atoms with Crippen LogP contribution in [0.3, 0.4) is 0 Å². The van der Waals surface area contributed by atoms with Gasteiger partial charge in [0, 0.05) is 25.8 Å². The Morgan fingerprint density at radius 2 is 2.39 bits per heavy atom.